The van der Waals surface area contributed by atoms with Crippen LogP contribution in [0.2, 0.25) is 0 Å². The third-order valence-corrected chi connectivity index (χ3v) is 3.08. The molecule has 0 N–H and O–H groups in total. The van der Waals surface area contributed by atoms with E-state index < -0.39 is 0 Å². The van der Waals surface area contributed by atoms with Crippen LogP contribution in [-0.2, 0) is 4.74 Å². The first-order valence-corrected chi connectivity index (χ1v) is 4.87. The van der Waals surface area contributed by atoms with Crippen LogP contribution in [0.3, 0.4) is 0 Å². The van der Waals surface area contributed by atoms with Crippen LogP contribution in [0, 0.1) is 5.92 Å². The summed E-state index contributed by atoms with van der Waals surface area (Å²) in [5, 5.41) is 0. The molecule has 12 heavy (non-hydrogen) atoms. The SMILES string of the molecule is CC12CC(C[N+](C)(C)C)CC1O2. The van der Waals surface area contributed by atoms with Crippen LogP contribution in [0.4, 0.5) is 0 Å². The number of nitrogens with zero attached hydrogens (tertiary/aromatic N) is 1. The second-order valence-electron chi connectivity index (χ2n) is 5.70. The number of fused-ring (bicyclic) bond motifs is 1. The lowest BCUT2D eigenvalue weighted by Crippen LogP contribution is -2.39. The Labute approximate surface area is 75.1 Å². The molecular weight excluding hydrogens is 150 g/mol. The first-order valence-electron chi connectivity index (χ1n) is 4.87. The number of hydrogen-bond acceptors (Lipinski definition) is 1. The fourth-order valence-electron chi connectivity index (χ4n) is 2.64. The summed E-state index contributed by atoms with van der Waals surface area (Å²) in [5.41, 5.74) is 0.292. The molecule has 0 amide bonds. The molecule has 0 aromatic heterocycles. The van der Waals surface area contributed by atoms with E-state index in [2.05, 4.69) is 28.1 Å². The summed E-state index contributed by atoms with van der Waals surface area (Å²) >= 11 is 0. The van der Waals surface area contributed by atoms with Gasteiger partial charge < -0.3 is 9.22 Å². The molecule has 0 spiro atoms. The lowest BCUT2D eigenvalue weighted by Gasteiger charge is -2.28. The van der Waals surface area contributed by atoms with Crippen molar-refractivity contribution >= 4 is 0 Å². The average Bonchev–Trinajstić information content (AvgIpc) is 2.27. The van der Waals surface area contributed by atoms with Gasteiger partial charge in [0.25, 0.3) is 0 Å². The zero-order chi connectivity index (χ0) is 8.98. The molecule has 1 saturated carbocycles. The fraction of sp³-hybridized carbons (Fsp3) is 1.00. The highest BCUT2D eigenvalue weighted by Gasteiger charge is 2.59. The Balaban J connectivity index is 1.86. The van der Waals surface area contributed by atoms with Crippen molar-refractivity contribution in [3.05, 3.63) is 0 Å². The van der Waals surface area contributed by atoms with Crippen LogP contribution < -0.4 is 0 Å². The summed E-state index contributed by atoms with van der Waals surface area (Å²) in [5.74, 6) is 0.897. The summed E-state index contributed by atoms with van der Waals surface area (Å²) in [7, 11) is 6.81. The van der Waals surface area contributed by atoms with Crippen molar-refractivity contribution in [2.24, 2.45) is 5.92 Å². The monoisotopic (exact) mass is 170 g/mol. The summed E-state index contributed by atoms with van der Waals surface area (Å²) in [4.78, 5) is 0. The summed E-state index contributed by atoms with van der Waals surface area (Å²) in [6.45, 7) is 3.56. The van der Waals surface area contributed by atoms with E-state index in [1.165, 1.54) is 19.4 Å². The number of hydrogen-bond donors (Lipinski definition) is 0. The molecule has 0 bridgehead atoms. The van der Waals surface area contributed by atoms with Crippen molar-refractivity contribution in [2.45, 2.75) is 31.5 Å². The van der Waals surface area contributed by atoms with E-state index in [0.29, 0.717) is 11.7 Å². The Hall–Kier alpha value is -0.0800. The van der Waals surface area contributed by atoms with Gasteiger partial charge in [-0.3, -0.25) is 0 Å². The Kier molecular flexibility index (Phi) is 1.59. The van der Waals surface area contributed by atoms with Crippen molar-refractivity contribution in [3.63, 3.8) is 0 Å². The second-order valence-corrected chi connectivity index (χ2v) is 5.70. The Morgan fingerprint density at radius 2 is 2.08 bits per heavy atom. The molecule has 2 heteroatoms. The van der Waals surface area contributed by atoms with Crippen molar-refractivity contribution in [2.75, 3.05) is 27.7 Å². The van der Waals surface area contributed by atoms with Gasteiger partial charge in [0.05, 0.1) is 39.4 Å². The van der Waals surface area contributed by atoms with E-state index in [-0.39, 0.29) is 0 Å². The Morgan fingerprint density at radius 1 is 1.42 bits per heavy atom. The van der Waals surface area contributed by atoms with Crippen molar-refractivity contribution in [1.82, 2.24) is 0 Å². The van der Waals surface area contributed by atoms with Crippen molar-refractivity contribution in [3.8, 4) is 0 Å². The molecular formula is C10H20NO+. The maximum atomic E-state index is 5.58. The molecule has 3 atom stereocenters. The average molecular weight is 170 g/mol. The summed E-state index contributed by atoms with van der Waals surface area (Å²) in [6.07, 6.45) is 3.19. The molecule has 0 aromatic carbocycles. The normalized spacial score (nSPS) is 46.0. The predicted octanol–water partition coefficient (Wildman–Crippen LogP) is 1.26. The van der Waals surface area contributed by atoms with E-state index >= 15 is 0 Å². The number of epoxide rings is 1. The molecule has 2 fully saturated rings. The first kappa shape index (κ1) is 8.52. The molecule has 1 saturated heterocycles. The minimum Gasteiger partial charge on any atom is -0.366 e. The molecule has 0 radical (unpaired) electrons. The van der Waals surface area contributed by atoms with E-state index in [9.17, 15) is 0 Å². The number of quaternary nitrogens is 1. The van der Waals surface area contributed by atoms with Gasteiger partial charge in [0.2, 0.25) is 0 Å². The van der Waals surface area contributed by atoms with Crippen LogP contribution in [-0.4, -0.2) is 43.9 Å². The van der Waals surface area contributed by atoms with Crippen LogP contribution in [0.25, 0.3) is 0 Å². The summed E-state index contributed by atoms with van der Waals surface area (Å²) in [6, 6.07) is 0. The minimum atomic E-state index is 0.292. The van der Waals surface area contributed by atoms with Crippen molar-refractivity contribution in [1.29, 1.82) is 0 Å². The van der Waals surface area contributed by atoms with Crippen LogP contribution >= 0.6 is 0 Å². The van der Waals surface area contributed by atoms with Crippen LogP contribution in [0.5, 0.6) is 0 Å². The van der Waals surface area contributed by atoms with Gasteiger partial charge >= 0.3 is 0 Å². The van der Waals surface area contributed by atoms with E-state index in [0.717, 1.165) is 10.4 Å². The third kappa shape index (κ3) is 1.50. The van der Waals surface area contributed by atoms with Gasteiger partial charge in [-0.1, -0.05) is 0 Å². The lowest BCUT2D eigenvalue weighted by atomic mass is 10.0. The van der Waals surface area contributed by atoms with Crippen LogP contribution in [0.15, 0.2) is 0 Å². The second kappa shape index (κ2) is 2.24. The number of rotatable bonds is 2. The molecule has 3 unspecified atom stereocenters. The van der Waals surface area contributed by atoms with Crippen LogP contribution in [0.1, 0.15) is 19.8 Å². The number of ether oxygens (including phenoxy) is 1. The fourth-order valence-corrected chi connectivity index (χ4v) is 2.64. The van der Waals surface area contributed by atoms with Gasteiger partial charge in [0.1, 0.15) is 0 Å². The van der Waals surface area contributed by atoms with Gasteiger partial charge in [0, 0.05) is 5.92 Å². The maximum absolute atomic E-state index is 5.58. The molecule has 1 aliphatic heterocycles. The highest BCUT2D eigenvalue weighted by molar-refractivity contribution is 5.06. The zero-order valence-corrected chi connectivity index (χ0v) is 8.63. The maximum Gasteiger partial charge on any atom is 0.0925 e. The van der Waals surface area contributed by atoms with Gasteiger partial charge in [-0.05, 0) is 19.8 Å². The molecule has 70 valence electrons. The summed E-state index contributed by atoms with van der Waals surface area (Å²) < 4.78 is 6.67. The van der Waals surface area contributed by atoms with Gasteiger partial charge in [-0.25, -0.2) is 0 Å². The molecule has 2 rings (SSSR count). The Morgan fingerprint density at radius 3 is 2.50 bits per heavy atom. The molecule has 2 nitrogen and oxygen atoms in total. The van der Waals surface area contributed by atoms with Gasteiger partial charge in [0.15, 0.2) is 0 Å². The predicted molar refractivity (Wildman–Crippen MR) is 48.9 cm³/mol. The minimum absolute atomic E-state index is 0.292. The molecule has 2 aliphatic rings. The molecule has 1 aliphatic carbocycles. The molecule has 1 heterocycles. The van der Waals surface area contributed by atoms with Gasteiger partial charge in [-0.2, -0.15) is 0 Å². The topological polar surface area (TPSA) is 12.5 Å². The molecule has 0 aromatic rings. The first-order chi connectivity index (χ1) is 5.39. The van der Waals surface area contributed by atoms with Gasteiger partial charge in [-0.15, -0.1) is 0 Å². The zero-order valence-electron chi connectivity index (χ0n) is 8.63. The van der Waals surface area contributed by atoms with E-state index in [4.69, 9.17) is 4.74 Å². The smallest absolute Gasteiger partial charge is 0.0925 e. The standard InChI is InChI=1S/C10H20NO/c1-10-6-8(5-9(10)12-10)7-11(2,3)4/h8-9H,5-7H2,1-4H3/q+1. The third-order valence-electron chi connectivity index (χ3n) is 3.08. The van der Waals surface area contributed by atoms with E-state index in [1.54, 1.807) is 0 Å². The van der Waals surface area contributed by atoms with E-state index in [1.807, 2.05) is 0 Å². The van der Waals surface area contributed by atoms with Crippen molar-refractivity contribution < 1.29 is 9.22 Å². The lowest BCUT2D eigenvalue weighted by molar-refractivity contribution is -0.873. The largest absolute Gasteiger partial charge is 0.366 e. The highest BCUT2D eigenvalue weighted by atomic mass is 16.6. The quantitative estimate of drug-likeness (QED) is 0.449. The highest BCUT2D eigenvalue weighted by Crippen LogP contribution is 2.52. The Bertz CT molecular complexity index is 197.